The Kier molecular flexibility index (Phi) is 4.36. The van der Waals surface area contributed by atoms with Crippen molar-refractivity contribution in [2.45, 2.75) is 39.8 Å². The maximum Gasteiger partial charge on any atom is 0.245 e. The molecule has 0 spiro atoms. The largest absolute Gasteiger partial charge is 0.358 e. The molecule has 0 radical (unpaired) electrons. The number of anilines is 1. The molecule has 1 N–H and O–H groups in total. The van der Waals surface area contributed by atoms with Gasteiger partial charge in [0.1, 0.15) is 22.5 Å². The Morgan fingerprint density at radius 3 is 2.73 bits per heavy atom. The van der Waals surface area contributed by atoms with E-state index in [0.717, 1.165) is 40.4 Å². The normalized spacial score (nSPS) is 17.3. The van der Waals surface area contributed by atoms with Crippen molar-refractivity contribution >= 4 is 33.3 Å². The van der Waals surface area contributed by atoms with Crippen LogP contribution in [0.3, 0.4) is 0 Å². The van der Waals surface area contributed by atoms with Gasteiger partial charge in [0.05, 0.1) is 5.39 Å². The molecule has 1 unspecified atom stereocenters. The lowest BCUT2D eigenvalue weighted by molar-refractivity contribution is -0.128. The van der Waals surface area contributed by atoms with E-state index in [9.17, 15) is 4.79 Å². The summed E-state index contributed by atoms with van der Waals surface area (Å²) in [6, 6.07) is 8.14. The van der Waals surface area contributed by atoms with Crippen molar-refractivity contribution in [1.29, 1.82) is 0 Å². The number of carbonyl (C=O) groups is 1. The van der Waals surface area contributed by atoms with Crippen molar-refractivity contribution in [3.8, 4) is 0 Å². The summed E-state index contributed by atoms with van der Waals surface area (Å²) in [7, 11) is 0. The number of hydrogen-bond donors (Lipinski definition) is 1. The van der Waals surface area contributed by atoms with Crippen LogP contribution in [0.2, 0.25) is 0 Å². The molecule has 1 fully saturated rings. The van der Waals surface area contributed by atoms with Gasteiger partial charge < -0.3 is 10.2 Å². The van der Waals surface area contributed by atoms with Crippen LogP contribution in [-0.2, 0) is 11.3 Å². The van der Waals surface area contributed by atoms with Crippen LogP contribution < -0.4 is 5.32 Å². The third kappa shape index (κ3) is 3.17. The van der Waals surface area contributed by atoms with Gasteiger partial charge >= 0.3 is 0 Å². The molecule has 2 aromatic heterocycles. The quantitative estimate of drug-likeness (QED) is 0.762. The number of nitrogens with one attached hydrogen (secondary N) is 1. The van der Waals surface area contributed by atoms with Crippen LogP contribution >= 0.6 is 11.3 Å². The molecule has 4 rings (SSSR count). The number of amides is 1. The number of nitrogens with zero attached hydrogens (tertiary/aromatic N) is 3. The SMILES string of the molecule is Cc1ccc(CN2CCC(Nc3nc(C)nc4scc(C)c34)C2=O)cc1. The van der Waals surface area contributed by atoms with Crippen molar-refractivity contribution in [3.05, 3.63) is 52.2 Å². The number of likely N-dealkylation sites (tertiary alicyclic amines) is 1. The third-order valence-electron chi connectivity index (χ3n) is 4.83. The molecule has 0 bridgehead atoms. The number of hydrogen-bond acceptors (Lipinski definition) is 5. The van der Waals surface area contributed by atoms with Crippen LogP contribution in [0, 0.1) is 20.8 Å². The summed E-state index contributed by atoms with van der Waals surface area (Å²) in [6.07, 6.45) is 0.790. The second-order valence-electron chi connectivity index (χ2n) is 6.95. The Balaban J connectivity index is 1.52. The van der Waals surface area contributed by atoms with Crippen molar-refractivity contribution < 1.29 is 4.79 Å². The predicted octanol–water partition coefficient (Wildman–Crippen LogP) is 3.83. The molecular weight excluding hydrogens is 344 g/mol. The van der Waals surface area contributed by atoms with Crippen LogP contribution in [0.1, 0.15) is 28.9 Å². The molecule has 1 saturated heterocycles. The monoisotopic (exact) mass is 366 g/mol. The zero-order valence-corrected chi connectivity index (χ0v) is 16.1. The van der Waals surface area contributed by atoms with E-state index in [-0.39, 0.29) is 11.9 Å². The molecule has 6 heteroatoms. The molecule has 0 saturated carbocycles. The van der Waals surface area contributed by atoms with Gasteiger partial charge in [-0.25, -0.2) is 9.97 Å². The molecule has 1 aromatic carbocycles. The Bertz CT molecular complexity index is 964. The average molecular weight is 366 g/mol. The molecule has 3 aromatic rings. The highest BCUT2D eigenvalue weighted by molar-refractivity contribution is 7.17. The van der Waals surface area contributed by atoms with E-state index in [1.807, 2.05) is 11.8 Å². The zero-order valence-electron chi connectivity index (χ0n) is 15.2. The van der Waals surface area contributed by atoms with E-state index < -0.39 is 0 Å². The summed E-state index contributed by atoms with van der Waals surface area (Å²) in [5.74, 6) is 1.65. The summed E-state index contributed by atoms with van der Waals surface area (Å²) in [4.78, 5) is 24.8. The first-order valence-corrected chi connectivity index (χ1v) is 9.72. The maximum absolute atomic E-state index is 12.8. The molecule has 1 aliphatic heterocycles. The van der Waals surface area contributed by atoms with Gasteiger partial charge in [0.15, 0.2) is 0 Å². The number of thiophene rings is 1. The lowest BCUT2D eigenvalue weighted by Gasteiger charge is -2.18. The number of fused-ring (bicyclic) bond motifs is 1. The summed E-state index contributed by atoms with van der Waals surface area (Å²) in [5.41, 5.74) is 3.54. The summed E-state index contributed by atoms with van der Waals surface area (Å²) in [5, 5.41) is 6.51. The molecule has 26 heavy (non-hydrogen) atoms. The molecule has 1 aliphatic rings. The highest BCUT2D eigenvalue weighted by Crippen LogP contribution is 2.30. The molecule has 134 valence electrons. The Morgan fingerprint density at radius 1 is 1.19 bits per heavy atom. The highest BCUT2D eigenvalue weighted by Gasteiger charge is 2.32. The number of aryl methyl sites for hydroxylation is 3. The molecule has 0 aliphatic carbocycles. The molecule has 5 nitrogen and oxygen atoms in total. The smallest absolute Gasteiger partial charge is 0.245 e. The standard InChI is InChI=1S/C20H22N4OS/c1-12-4-6-15(7-5-12)10-24-9-8-16(20(24)25)23-18-17-13(2)11-26-19(17)22-14(3)21-18/h4-7,11,16H,8-10H2,1-3H3,(H,21,22,23). The van der Waals surface area contributed by atoms with Gasteiger partial charge in [0.25, 0.3) is 0 Å². The van der Waals surface area contributed by atoms with Gasteiger partial charge in [0, 0.05) is 13.1 Å². The summed E-state index contributed by atoms with van der Waals surface area (Å²) >= 11 is 1.62. The lowest BCUT2D eigenvalue weighted by atomic mass is 10.1. The van der Waals surface area contributed by atoms with Crippen molar-refractivity contribution in [1.82, 2.24) is 14.9 Å². The minimum absolute atomic E-state index is 0.142. The lowest BCUT2D eigenvalue weighted by Crippen LogP contribution is -2.33. The van der Waals surface area contributed by atoms with Gasteiger partial charge in [-0.2, -0.15) is 0 Å². The van der Waals surface area contributed by atoms with Crippen molar-refractivity contribution in [2.24, 2.45) is 0 Å². The second kappa shape index (κ2) is 6.68. The average Bonchev–Trinajstić information content (AvgIpc) is 3.14. The Labute approximate surface area is 157 Å². The van der Waals surface area contributed by atoms with E-state index in [2.05, 4.69) is 58.8 Å². The Morgan fingerprint density at radius 2 is 1.96 bits per heavy atom. The number of rotatable bonds is 4. The minimum Gasteiger partial charge on any atom is -0.358 e. The van der Waals surface area contributed by atoms with Gasteiger partial charge in [-0.3, -0.25) is 4.79 Å². The molecule has 1 atom stereocenters. The molecule has 3 heterocycles. The maximum atomic E-state index is 12.8. The van der Waals surface area contributed by atoms with Crippen LogP contribution in [0.15, 0.2) is 29.6 Å². The fourth-order valence-electron chi connectivity index (χ4n) is 3.40. The zero-order chi connectivity index (χ0) is 18.3. The van der Waals surface area contributed by atoms with Crippen LogP contribution in [-0.4, -0.2) is 33.4 Å². The molecular formula is C20H22N4OS. The Hall–Kier alpha value is -2.47. The minimum atomic E-state index is -0.225. The third-order valence-corrected chi connectivity index (χ3v) is 5.82. The van der Waals surface area contributed by atoms with E-state index in [1.54, 1.807) is 11.3 Å². The van der Waals surface area contributed by atoms with Gasteiger partial charge in [0.2, 0.25) is 5.91 Å². The van der Waals surface area contributed by atoms with Gasteiger partial charge in [-0.05, 0) is 43.7 Å². The van der Waals surface area contributed by atoms with Crippen molar-refractivity contribution in [2.75, 3.05) is 11.9 Å². The number of carbonyl (C=O) groups excluding carboxylic acids is 1. The fourth-order valence-corrected chi connectivity index (χ4v) is 4.37. The molecule has 1 amide bonds. The van der Waals surface area contributed by atoms with E-state index in [0.29, 0.717) is 6.54 Å². The van der Waals surface area contributed by atoms with Crippen LogP contribution in [0.25, 0.3) is 10.2 Å². The first kappa shape index (κ1) is 17.0. The summed E-state index contributed by atoms with van der Waals surface area (Å²) in [6.45, 7) is 7.44. The van der Waals surface area contributed by atoms with Gasteiger partial charge in [-0.15, -0.1) is 11.3 Å². The summed E-state index contributed by atoms with van der Waals surface area (Å²) < 4.78 is 0. The predicted molar refractivity (Wildman–Crippen MR) is 106 cm³/mol. The van der Waals surface area contributed by atoms with Crippen molar-refractivity contribution in [3.63, 3.8) is 0 Å². The highest BCUT2D eigenvalue weighted by atomic mass is 32.1. The number of benzene rings is 1. The van der Waals surface area contributed by atoms with Crippen LogP contribution in [0.4, 0.5) is 5.82 Å². The first-order valence-electron chi connectivity index (χ1n) is 8.84. The van der Waals surface area contributed by atoms with Gasteiger partial charge in [-0.1, -0.05) is 29.8 Å². The van der Waals surface area contributed by atoms with E-state index >= 15 is 0 Å². The topological polar surface area (TPSA) is 58.1 Å². The fraction of sp³-hybridized carbons (Fsp3) is 0.350. The van der Waals surface area contributed by atoms with E-state index in [1.165, 1.54) is 11.1 Å². The van der Waals surface area contributed by atoms with Crippen LogP contribution in [0.5, 0.6) is 0 Å². The first-order chi connectivity index (χ1) is 12.5. The second-order valence-corrected chi connectivity index (χ2v) is 7.81. The van der Waals surface area contributed by atoms with E-state index in [4.69, 9.17) is 0 Å². The number of aromatic nitrogens is 2.